The lowest BCUT2D eigenvalue weighted by molar-refractivity contribution is -0.128. The Morgan fingerprint density at radius 3 is 1.76 bits per heavy atom. The van der Waals surface area contributed by atoms with Gasteiger partial charge in [-0.15, -0.1) is 0 Å². The van der Waals surface area contributed by atoms with Gasteiger partial charge in [-0.2, -0.15) is 0 Å². The van der Waals surface area contributed by atoms with Gasteiger partial charge < -0.3 is 0 Å². The smallest absolute Gasteiger partial charge is 0.242 e. The van der Waals surface area contributed by atoms with Crippen LogP contribution in [0.1, 0.15) is 11.1 Å². The van der Waals surface area contributed by atoms with Crippen molar-refractivity contribution < 1.29 is 14.0 Å². The van der Waals surface area contributed by atoms with Crippen LogP contribution in [0.25, 0.3) is 0 Å². The first-order valence-electron chi connectivity index (χ1n) is 6.49. The molecule has 0 saturated heterocycles. The van der Waals surface area contributed by atoms with E-state index in [9.17, 15) is 14.0 Å². The highest BCUT2D eigenvalue weighted by atomic mass is 19.1. The summed E-state index contributed by atoms with van der Waals surface area (Å²) in [4.78, 5) is 23.3. The molecule has 0 heterocycles. The zero-order valence-electron chi connectivity index (χ0n) is 11.3. The minimum absolute atomic E-state index is 0.0753. The highest BCUT2D eigenvalue weighted by Gasteiger charge is 2.06. The van der Waals surface area contributed by atoms with Crippen molar-refractivity contribution in [3.8, 4) is 0 Å². The lowest BCUT2D eigenvalue weighted by Crippen LogP contribution is -2.43. The number of halogens is 1. The molecule has 5 heteroatoms. The molecular formula is C16H15FN2O2. The van der Waals surface area contributed by atoms with Crippen molar-refractivity contribution in [2.45, 2.75) is 12.8 Å². The molecule has 2 N–H and O–H groups in total. The van der Waals surface area contributed by atoms with Crippen LogP contribution in [0.4, 0.5) is 4.39 Å². The van der Waals surface area contributed by atoms with Crippen LogP contribution in [-0.4, -0.2) is 11.8 Å². The van der Waals surface area contributed by atoms with Gasteiger partial charge in [-0.05, 0) is 23.3 Å². The molecular weight excluding hydrogens is 271 g/mol. The number of benzene rings is 2. The van der Waals surface area contributed by atoms with Crippen molar-refractivity contribution in [2.75, 3.05) is 0 Å². The molecule has 2 amide bonds. The van der Waals surface area contributed by atoms with Crippen molar-refractivity contribution >= 4 is 11.8 Å². The molecule has 0 fully saturated rings. The minimum atomic E-state index is -0.358. The van der Waals surface area contributed by atoms with Crippen LogP contribution in [0.3, 0.4) is 0 Å². The summed E-state index contributed by atoms with van der Waals surface area (Å²) in [6, 6.07) is 14.9. The first-order valence-corrected chi connectivity index (χ1v) is 6.49. The zero-order chi connectivity index (χ0) is 15.1. The van der Waals surface area contributed by atoms with E-state index in [2.05, 4.69) is 10.9 Å². The number of nitrogens with one attached hydrogen (secondary N) is 2. The highest BCUT2D eigenvalue weighted by molar-refractivity contribution is 5.84. The third-order valence-corrected chi connectivity index (χ3v) is 2.83. The van der Waals surface area contributed by atoms with Gasteiger partial charge in [0.15, 0.2) is 0 Å². The Balaban J connectivity index is 1.76. The molecule has 4 nitrogen and oxygen atoms in total. The topological polar surface area (TPSA) is 58.2 Å². The van der Waals surface area contributed by atoms with Gasteiger partial charge in [0.2, 0.25) is 11.8 Å². The second kappa shape index (κ2) is 7.19. The van der Waals surface area contributed by atoms with Crippen LogP contribution in [0.5, 0.6) is 0 Å². The zero-order valence-corrected chi connectivity index (χ0v) is 11.3. The fourth-order valence-corrected chi connectivity index (χ4v) is 1.80. The minimum Gasteiger partial charge on any atom is -0.273 e. The number of carbonyl (C=O) groups excluding carboxylic acids is 2. The molecule has 2 rings (SSSR count). The van der Waals surface area contributed by atoms with Crippen molar-refractivity contribution in [1.82, 2.24) is 10.9 Å². The van der Waals surface area contributed by atoms with Gasteiger partial charge in [0.25, 0.3) is 0 Å². The van der Waals surface area contributed by atoms with Crippen LogP contribution in [0.15, 0.2) is 54.6 Å². The van der Waals surface area contributed by atoms with E-state index in [1.54, 1.807) is 0 Å². The van der Waals surface area contributed by atoms with Crippen LogP contribution >= 0.6 is 0 Å². The number of hydrogen-bond acceptors (Lipinski definition) is 2. The SMILES string of the molecule is O=C(Cc1ccccc1)NNC(=O)Cc1ccc(F)cc1. The van der Waals surface area contributed by atoms with Crippen molar-refractivity contribution in [3.63, 3.8) is 0 Å². The van der Waals surface area contributed by atoms with Crippen LogP contribution in [-0.2, 0) is 22.4 Å². The largest absolute Gasteiger partial charge is 0.273 e. The summed E-state index contributed by atoms with van der Waals surface area (Å²) in [5, 5.41) is 0. The molecule has 0 aromatic heterocycles. The van der Waals surface area contributed by atoms with E-state index in [4.69, 9.17) is 0 Å². The van der Waals surface area contributed by atoms with Gasteiger partial charge in [-0.1, -0.05) is 42.5 Å². The maximum Gasteiger partial charge on any atom is 0.242 e. The predicted octanol–water partition coefficient (Wildman–Crippen LogP) is 1.76. The molecule has 0 aliphatic heterocycles. The maximum atomic E-state index is 12.7. The summed E-state index contributed by atoms with van der Waals surface area (Å²) in [6.07, 6.45) is 0.267. The van der Waals surface area contributed by atoms with Crippen LogP contribution < -0.4 is 10.9 Å². The molecule has 0 saturated carbocycles. The molecule has 0 bridgehead atoms. The van der Waals surface area contributed by atoms with Crippen molar-refractivity contribution in [2.24, 2.45) is 0 Å². The fraction of sp³-hybridized carbons (Fsp3) is 0.125. The molecule has 0 aliphatic carbocycles. The number of amides is 2. The van der Waals surface area contributed by atoms with Gasteiger partial charge in [-0.25, -0.2) is 4.39 Å². The lowest BCUT2D eigenvalue weighted by atomic mass is 10.1. The molecule has 108 valence electrons. The third kappa shape index (κ3) is 5.06. The molecule has 0 atom stereocenters. The second-order valence-electron chi connectivity index (χ2n) is 4.56. The Morgan fingerprint density at radius 2 is 1.24 bits per heavy atom. The van der Waals surface area contributed by atoms with Crippen molar-refractivity contribution in [3.05, 3.63) is 71.5 Å². The lowest BCUT2D eigenvalue weighted by Gasteiger charge is -2.07. The Bertz CT molecular complexity index is 612. The van der Waals surface area contributed by atoms with Gasteiger partial charge in [0.1, 0.15) is 5.82 Å². The van der Waals surface area contributed by atoms with Gasteiger partial charge in [-0.3, -0.25) is 20.4 Å². The molecule has 0 unspecified atom stereocenters. The Hall–Kier alpha value is -2.69. The maximum absolute atomic E-state index is 12.7. The molecule has 2 aromatic rings. The number of rotatable bonds is 4. The Labute approximate surface area is 122 Å². The average molecular weight is 286 g/mol. The molecule has 2 aromatic carbocycles. The Morgan fingerprint density at radius 1 is 0.762 bits per heavy atom. The van der Waals surface area contributed by atoms with E-state index < -0.39 is 0 Å². The summed E-state index contributed by atoms with van der Waals surface area (Å²) >= 11 is 0. The standard InChI is InChI=1S/C16H15FN2O2/c17-14-8-6-13(7-9-14)11-16(21)19-18-15(20)10-12-4-2-1-3-5-12/h1-9H,10-11H2,(H,18,20)(H,19,21). The molecule has 0 aliphatic rings. The second-order valence-corrected chi connectivity index (χ2v) is 4.56. The van der Waals surface area contributed by atoms with E-state index in [0.717, 1.165) is 5.56 Å². The summed E-state index contributed by atoms with van der Waals surface area (Å²) in [7, 11) is 0. The first kappa shape index (κ1) is 14.7. The van der Waals surface area contributed by atoms with E-state index in [0.29, 0.717) is 5.56 Å². The highest BCUT2D eigenvalue weighted by Crippen LogP contribution is 2.03. The third-order valence-electron chi connectivity index (χ3n) is 2.83. The summed E-state index contributed by atoms with van der Waals surface area (Å²) in [6.45, 7) is 0. The number of hydrazine groups is 1. The quantitative estimate of drug-likeness (QED) is 0.841. The number of carbonyl (C=O) groups is 2. The van der Waals surface area contributed by atoms with E-state index in [-0.39, 0.29) is 30.5 Å². The summed E-state index contributed by atoms with van der Waals surface area (Å²) < 4.78 is 12.7. The molecule has 0 radical (unpaired) electrons. The Kier molecular flexibility index (Phi) is 5.04. The van der Waals surface area contributed by atoms with Gasteiger partial charge >= 0.3 is 0 Å². The first-order chi connectivity index (χ1) is 10.1. The van der Waals surface area contributed by atoms with E-state index >= 15 is 0 Å². The molecule has 0 spiro atoms. The average Bonchev–Trinajstić information content (AvgIpc) is 2.49. The summed E-state index contributed by atoms with van der Waals surface area (Å²) in [5.41, 5.74) is 6.22. The normalized spacial score (nSPS) is 9.95. The van der Waals surface area contributed by atoms with Crippen LogP contribution in [0, 0.1) is 5.82 Å². The van der Waals surface area contributed by atoms with E-state index in [1.165, 1.54) is 24.3 Å². The summed E-state index contributed by atoms with van der Waals surface area (Å²) in [5.74, 6) is -1.01. The van der Waals surface area contributed by atoms with E-state index in [1.807, 2.05) is 30.3 Å². The fourth-order valence-electron chi connectivity index (χ4n) is 1.80. The van der Waals surface area contributed by atoms with Gasteiger partial charge in [0, 0.05) is 0 Å². The van der Waals surface area contributed by atoms with Crippen LogP contribution in [0.2, 0.25) is 0 Å². The monoisotopic (exact) mass is 286 g/mol. The number of hydrogen-bond donors (Lipinski definition) is 2. The predicted molar refractivity (Wildman–Crippen MR) is 76.5 cm³/mol. The van der Waals surface area contributed by atoms with Gasteiger partial charge in [0.05, 0.1) is 12.8 Å². The van der Waals surface area contributed by atoms with Crippen molar-refractivity contribution in [1.29, 1.82) is 0 Å². The molecule has 21 heavy (non-hydrogen) atoms.